The molecule has 24 heavy (non-hydrogen) atoms. The van der Waals surface area contributed by atoms with Crippen LogP contribution in [0.5, 0.6) is 0 Å². The van der Waals surface area contributed by atoms with Crippen molar-refractivity contribution in [2.24, 2.45) is 0 Å². The van der Waals surface area contributed by atoms with E-state index in [0.29, 0.717) is 23.3 Å². The van der Waals surface area contributed by atoms with Gasteiger partial charge in [-0.1, -0.05) is 23.2 Å². The molecule has 132 valence electrons. The summed E-state index contributed by atoms with van der Waals surface area (Å²) in [5.41, 5.74) is 0. The Kier molecular flexibility index (Phi) is 5.98. The first-order chi connectivity index (χ1) is 11.5. The van der Waals surface area contributed by atoms with Crippen LogP contribution < -0.4 is 5.32 Å². The third kappa shape index (κ3) is 4.38. The van der Waals surface area contributed by atoms with Gasteiger partial charge in [-0.05, 0) is 38.0 Å². The molecule has 0 aromatic heterocycles. The summed E-state index contributed by atoms with van der Waals surface area (Å²) in [7, 11) is 0. The fourth-order valence-electron chi connectivity index (χ4n) is 3.12. The Morgan fingerprint density at radius 3 is 2.62 bits per heavy atom. The number of amides is 1. The van der Waals surface area contributed by atoms with Crippen molar-refractivity contribution in [1.82, 2.24) is 5.32 Å². The number of nitrogens with one attached hydrogen (secondary N) is 1. The highest BCUT2D eigenvalue weighted by molar-refractivity contribution is 8.00. The van der Waals surface area contributed by atoms with E-state index in [2.05, 4.69) is 5.32 Å². The summed E-state index contributed by atoms with van der Waals surface area (Å²) in [5.74, 6) is -0.374. The summed E-state index contributed by atoms with van der Waals surface area (Å²) in [6.07, 6.45) is 3.42. The van der Waals surface area contributed by atoms with Crippen molar-refractivity contribution < 1.29 is 14.3 Å². The number of carbonyl (C=O) groups excluding carboxylic acids is 1. The van der Waals surface area contributed by atoms with Crippen LogP contribution in [0, 0.1) is 0 Å². The molecule has 1 N–H and O–H groups in total. The van der Waals surface area contributed by atoms with E-state index < -0.39 is 5.79 Å². The molecule has 1 saturated carbocycles. The summed E-state index contributed by atoms with van der Waals surface area (Å²) in [6.45, 7) is 3.22. The van der Waals surface area contributed by atoms with E-state index in [9.17, 15) is 4.79 Å². The predicted molar refractivity (Wildman–Crippen MR) is 96.8 cm³/mol. The lowest BCUT2D eigenvalue weighted by Crippen LogP contribution is -2.45. The molecule has 1 spiro atoms. The molecule has 3 rings (SSSR count). The van der Waals surface area contributed by atoms with Gasteiger partial charge in [0, 0.05) is 28.8 Å². The summed E-state index contributed by atoms with van der Waals surface area (Å²) in [4.78, 5) is 13.3. The lowest BCUT2D eigenvalue weighted by molar-refractivity contribution is -0.180. The molecule has 4 nitrogen and oxygen atoms in total. The SMILES string of the molecule is C[C@@H](Sc1cc(Cl)ccc1Cl)C(=O)NC1CCC2(CC1)OCCO2. The third-order valence-electron chi connectivity index (χ3n) is 4.47. The second-order valence-corrected chi connectivity index (χ2v) is 8.45. The van der Waals surface area contributed by atoms with Crippen molar-refractivity contribution in [3.63, 3.8) is 0 Å². The van der Waals surface area contributed by atoms with Gasteiger partial charge in [0.2, 0.25) is 5.91 Å². The van der Waals surface area contributed by atoms with E-state index in [0.717, 1.165) is 30.6 Å². The Labute approximate surface area is 156 Å². The van der Waals surface area contributed by atoms with E-state index in [4.69, 9.17) is 32.7 Å². The van der Waals surface area contributed by atoms with Crippen molar-refractivity contribution in [2.45, 2.75) is 54.6 Å². The van der Waals surface area contributed by atoms with E-state index in [-0.39, 0.29) is 17.2 Å². The van der Waals surface area contributed by atoms with Crippen molar-refractivity contribution in [3.05, 3.63) is 28.2 Å². The summed E-state index contributed by atoms with van der Waals surface area (Å²) in [6, 6.07) is 5.45. The highest BCUT2D eigenvalue weighted by Gasteiger charge is 2.40. The molecule has 1 amide bonds. The van der Waals surface area contributed by atoms with Gasteiger partial charge in [-0.2, -0.15) is 0 Å². The van der Waals surface area contributed by atoms with Gasteiger partial charge in [0.05, 0.1) is 23.5 Å². The first-order valence-electron chi connectivity index (χ1n) is 8.17. The molecule has 0 radical (unpaired) electrons. The molecule has 2 aliphatic rings. The van der Waals surface area contributed by atoms with Crippen LogP contribution in [0.4, 0.5) is 0 Å². The van der Waals surface area contributed by atoms with Crippen LogP contribution in [0.15, 0.2) is 23.1 Å². The first kappa shape index (κ1) is 18.3. The number of ether oxygens (including phenoxy) is 2. The van der Waals surface area contributed by atoms with Gasteiger partial charge >= 0.3 is 0 Å². The molecule has 1 aliphatic heterocycles. The number of thioether (sulfide) groups is 1. The first-order valence-corrected chi connectivity index (χ1v) is 9.81. The zero-order valence-corrected chi connectivity index (χ0v) is 15.8. The predicted octanol–water partition coefficient (Wildman–Crippen LogP) is 4.28. The van der Waals surface area contributed by atoms with Crippen molar-refractivity contribution in [2.75, 3.05) is 13.2 Å². The normalized spacial score (nSPS) is 21.8. The van der Waals surface area contributed by atoms with Gasteiger partial charge in [-0.3, -0.25) is 4.79 Å². The quantitative estimate of drug-likeness (QED) is 0.780. The molecule has 1 aromatic rings. The minimum Gasteiger partial charge on any atom is -0.352 e. The Morgan fingerprint density at radius 2 is 1.96 bits per heavy atom. The van der Waals surface area contributed by atoms with E-state index in [1.54, 1.807) is 18.2 Å². The minimum absolute atomic E-state index is 0.0188. The maximum absolute atomic E-state index is 12.5. The molecular weight excluding hydrogens is 369 g/mol. The number of carbonyl (C=O) groups is 1. The standard InChI is InChI=1S/C17H21Cl2NO3S/c1-11(24-15-10-12(18)2-3-14(15)19)16(21)20-13-4-6-17(7-5-13)22-8-9-23-17/h2-3,10-11,13H,4-9H2,1H3,(H,20,21)/t11-/m1/s1. The van der Waals surface area contributed by atoms with Gasteiger partial charge in [-0.25, -0.2) is 0 Å². The highest BCUT2D eigenvalue weighted by Crippen LogP contribution is 2.36. The van der Waals surface area contributed by atoms with Crippen LogP contribution in [0.2, 0.25) is 10.0 Å². The smallest absolute Gasteiger partial charge is 0.233 e. The molecule has 7 heteroatoms. The average Bonchev–Trinajstić information content (AvgIpc) is 3.01. The number of rotatable bonds is 4. The van der Waals surface area contributed by atoms with Crippen LogP contribution >= 0.6 is 35.0 Å². The minimum atomic E-state index is -0.393. The lowest BCUT2D eigenvalue weighted by Gasteiger charge is -2.35. The number of hydrogen-bond acceptors (Lipinski definition) is 4. The molecule has 1 aliphatic carbocycles. The van der Waals surface area contributed by atoms with Crippen molar-refractivity contribution in [1.29, 1.82) is 0 Å². The van der Waals surface area contributed by atoms with Crippen molar-refractivity contribution in [3.8, 4) is 0 Å². The Morgan fingerprint density at radius 1 is 1.29 bits per heavy atom. The second kappa shape index (κ2) is 7.83. The number of hydrogen-bond donors (Lipinski definition) is 1. The van der Waals surface area contributed by atoms with Crippen molar-refractivity contribution >= 4 is 40.9 Å². The Balaban J connectivity index is 1.50. The van der Waals surface area contributed by atoms with Gasteiger partial charge in [0.1, 0.15) is 0 Å². The van der Waals surface area contributed by atoms with Crippen LogP contribution in [0.3, 0.4) is 0 Å². The maximum atomic E-state index is 12.5. The largest absolute Gasteiger partial charge is 0.352 e. The topological polar surface area (TPSA) is 47.6 Å². The van der Waals surface area contributed by atoms with Crippen LogP contribution in [-0.2, 0) is 14.3 Å². The molecule has 1 aromatic carbocycles. The third-order valence-corrected chi connectivity index (χ3v) is 6.31. The van der Waals surface area contributed by atoms with Gasteiger partial charge in [0.15, 0.2) is 5.79 Å². The summed E-state index contributed by atoms with van der Waals surface area (Å²) >= 11 is 13.6. The highest BCUT2D eigenvalue weighted by atomic mass is 35.5. The van der Waals surface area contributed by atoms with Crippen LogP contribution in [-0.4, -0.2) is 36.2 Å². The zero-order chi connectivity index (χ0) is 17.2. The second-order valence-electron chi connectivity index (χ2n) is 6.23. The van der Waals surface area contributed by atoms with E-state index >= 15 is 0 Å². The molecule has 0 bridgehead atoms. The maximum Gasteiger partial charge on any atom is 0.233 e. The van der Waals surface area contributed by atoms with Gasteiger partial charge in [-0.15, -0.1) is 11.8 Å². The lowest BCUT2D eigenvalue weighted by atomic mass is 9.90. The van der Waals surface area contributed by atoms with Gasteiger partial charge in [0.25, 0.3) is 0 Å². The monoisotopic (exact) mass is 389 g/mol. The molecule has 0 unspecified atom stereocenters. The van der Waals surface area contributed by atoms with Gasteiger partial charge < -0.3 is 14.8 Å². The number of halogens is 2. The van der Waals surface area contributed by atoms with Crippen LogP contribution in [0.1, 0.15) is 32.6 Å². The molecule has 1 atom stereocenters. The van der Waals surface area contributed by atoms with Crippen LogP contribution in [0.25, 0.3) is 0 Å². The average molecular weight is 390 g/mol. The fourth-order valence-corrected chi connectivity index (χ4v) is 4.54. The summed E-state index contributed by atoms with van der Waals surface area (Å²) < 4.78 is 11.4. The summed E-state index contributed by atoms with van der Waals surface area (Å²) in [5, 5.41) is 4.12. The number of benzene rings is 1. The molecular formula is C17H21Cl2NO3S. The molecule has 1 saturated heterocycles. The fraction of sp³-hybridized carbons (Fsp3) is 0.588. The van der Waals surface area contributed by atoms with E-state index in [1.807, 2.05) is 6.92 Å². The zero-order valence-electron chi connectivity index (χ0n) is 13.5. The van der Waals surface area contributed by atoms with E-state index in [1.165, 1.54) is 11.8 Å². The molecule has 2 fully saturated rings. The Bertz CT molecular complexity index is 597. The molecule has 1 heterocycles. The Hall–Kier alpha value is -0.460.